The van der Waals surface area contributed by atoms with E-state index >= 15 is 0 Å². The maximum atomic E-state index is 13.4. The number of nitrogens with one attached hydrogen (secondary N) is 2. The quantitative estimate of drug-likeness (QED) is 0.567. The predicted octanol–water partition coefficient (Wildman–Crippen LogP) is 3.75. The van der Waals surface area contributed by atoms with Crippen LogP contribution in [0.2, 0.25) is 0 Å². The molecule has 3 aromatic rings. The average Bonchev–Trinajstić information content (AvgIpc) is 2.92. The molecule has 0 spiro atoms. The zero-order valence-corrected chi connectivity index (χ0v) is 13.8. The number of fused-ring (bicyclic) bond motifs is 1. The first-order valence-electron chi connectivity index (χ1n) is 7.83. The number of guanidine groups is 1. The Morgan fingerprint density at radius 1 is 1.08 bits per heavy atom. The molecule has 24 heavy (non-hydrogen) atoms. The van der Waals surface area contributed by atoms with Crippen LogP contribution in [0.15, 0.2) is 57.9 Å². The highest BCUT2D eigenvalue weighted by Gasteiger charge is 2.11. The molecule has 124 valence electrons. The molecule has 2 N–H and O–H groups in total. The predicted molar refractivity (Wildman–Crippen MR) is 94.4 cm³/mol. The van der Waals surface area contributed by atoms with Gasteiger partial charge in [-0.05, 0) is 30.7 Å². The largest absolute Gasteiger partial charge is 0.459 e. The van der Waals surface area contributed by atoms with Crippen molar-refractivity contribution in [3.63, 3.8) is 0 Å². The molecule has 1 heterocycles. The van der Waals surface area contributed by atoms with Gasteiger partial charge >= 0.3 is 0 Å². The molecule has 0 bridgehead atoms. The molecule has 0 fully saturated rings. The highest BCUT2D eigenvalue weighted by molar-refractivity contribution is 5.83. The fourth-order valence-corrected chi connectivity index (χ4v) is 2.58. The number of aryl methyl sites for hydroxylation is 1. The first-order valence-corrected chi connectivity index (χ1v) is 7.83. The summed E-state index contributed by atoms with van der Waals surface area (Å²) in [6.45, 7) is 3.10. The van der Waals surface area contributed by atoms with Gasteiger partial charge in [-0.25, -0.2) is 4.39 Å². The van der Waals surface area contributed by atoms with Crippen LogP contribution in [0, 0.1) is 12.7 Å². The summed E-state index contributed by atoms with van der Waals surface area (Å²) in [5, 5.41) is 7.28. The van der Waals surface area contributed by atoms with Crippen LogP contribution in [0.4, 0.5) is 4.39 Å². The van der Waals surface area contributed by atoms with Crippen molar-refractivity contribution >= 4 is 16.9 Å². The van der Waals surface area contributed by atoms with E-state index in [4.69, 9.17) is 4.42 Å². The third-order valence-electron chi connectivity index (χ3n) is 3.94. The summed E-state index contributed by atoms with van der Waals surface area (Å²) in [5.74, 6) is 1.20. The maximum Gasteiger partial charge on any atom is 0.191 e. The Bertz CT molecular complexity index is 856. The standard InChI is InChI=1S/C19H20FN3O/c1-13-16-10-15(20)8-9-17(16)24-18(13)12-23-19(21-2)22-11-14-6-4-3-5-7-14/h3-10H,11-12H2,1-2H3,(H2,21,22,23). The molecular weight excluding hydrogens is 305 g/mol. The van der Waals surface area contributed by atoms with Crippen molar-refractivity contribution in [3.05, 3.63) is 71.2 Å². The molecule has 2 aromatic carbocycles. The normalized spacial score (nSPS) is 11.7. The van der Waals surface area contributed by atoms with Crippen molar-refractivity contribution in [2.45, 2.75) is 20.0 Å². The van der Waals surface area contributed by atoms with Crippen LogP contribution in [-0.4, -0.2) is 13.0 Å². The summed E-state index contributed by atoms with van der Waals surface area (Å²) < 4.78 is 19.2. The van der Waals surface area contributed by atoms with E-state index in [0.29, 0.717) is 24.6 Å². The van der Waals surface area contributed by atoms with Crippen LogP contribution in [0.25, 0.3) is 11.0 Å². The maximum absolute atomic E-state index is 13.4. The summed E-state index contributed by atoms with van der Waals surface area (Å²) in [5.41, 5.74) is 2.81. The van der Waals surface area contributed by atoms with Crippen molar-refractivity contribution < 1.29 is 8.81 Å². The van der Waals surface area contributed by atoms with Gasteiger partial charge in [0.15, 0.2) is 5.96 Å². The lowest BCUT2D eigenvalue weighted by atomic mass is 10.1. The molecule has 0 saturated carbocycles. The van der Waals surface area contributed by atoms with Gasteiger partial charge in [0.05, 0.1) is 6.54 Å². The number of furan rings is 1. The second-order valence-electron chi connectivity index (χ2n) is 5.56. The molecular formula is C19H20FN3O. The molecule has 3 rings (SSSR count). The van der Waals surface area contributed by atoms with Gasteiger partial charge in [0.2, 0.25) is 0 Å². The number of rotatable bonds is 4. The van der Waals surface area contributed by atoms with Crippen LogP contribution in [0.5, 0.6) is 0 Å². The molecule has 0 aliphatic heterocycles. The van der Waals surface area contributed by atoms with E-state index in [1.807, 2.05) is 25.1 Å². The third kappa shape index (κ3) is 3.56. The zero-order chi connectivity index (χ0) is 16.9. The number of hydrogen-bond donors (Lipinski definition) is 2. The van der Waals surface area contributed by atoms with Gasteiger partial charge in [-0.1, -0.05) is 30.3 Å². The van der Waals surface area contributed by atoms with Gasteiger partial charge in [0, 0.05) is 24.5 Å². The number of hydrogen-bond acceptors (Lipinski definition) is 2. The van der Waals surface area contributed by atoms with Crippen molar-refractivity contribution in [2.75, 3.05) is 7.05 Å². The Kier molecular flexibility index (Phi) is 4.79. The van der Waals surface area contributed by atoms with E-state index in [-0.39, 0.29) is 5.82 Å². The second-order valence-corrected chi connectivity index (χ2v) is 5.56. The summed E-state index contributed by atoms with van der Waals surface area (Å²) in [7, 11) is 1.72. The molecule has 0 saturated heterocycles. The summed E-state index contributed by atoms with van der Waals surface area (Å²) in [6.07, 6.45) is 0. The van der Waals surface area contributed by atoms with E-state index in [0.717, 1.165) is 16.7 Å². The first kappa shape index (κ1) is 16.1. The Balaban J connectivity index is 1.64. The zero-order valence-electron chi connectivity index (χ0n) is 13.8. The van der Waals surface area contributed by atoms with Gasteiger partial charge in [-0.2, -0.15) is 0 Å². The van der Waals surface area contributed by atoms with E-state index < -0.39 is 0 Å². The molecule has 5 heteroatoms. The SMILES string of the molecule is CN=C(NCc1ccccc1)NCc1oc2ccc(F)cc2c1C. The number of benzene rings is 2. The van der Waals surface area contributed by atoms with Gasteiger partial charge in [-0.3, -0.25) is 4.99 Å². The average molecular weight is 325 g/mol. The third-order valence-corrected chi connectivity index (χ3v) is 3.94. The molecule has 0 aliphatic carbocycles. The van der Waals surface area contributed by atoms with Crippen molar-refractivity contribution in [1.29, 1.82) is 0 Å². The van der Waals surface area contributed by atoms with E-state index in [9.17, 15) is 4.39 Å². The Hall–Kier alpha value is -2.82. The van der Waals surface area contributed by atoms with Crippen molar-refractivity contribution in [2.24, 2.45) is 4.99 Å². The van der Waals surface area contributed by atoms with E-state index in [2.05, 4.69) is 27.8 Å². The molecule has 0 atom stereocenters. The topological polar surface area (TPSA) is 49.6 Å². The van der Waals surface area contributed by atoms with Crippen LogP contribution in [-0.2, 0) is 13.1 Å². The van der Waals surface area contributed by atoms with Crippen molar-refractivity contribution in [1.82, 2.24) is 10.6 Å². The number of nitrogens with zero attached hydrogens (tertiary/aromatic N) is 1. The molecule has 0 unspecified atom stereocenters. The van der Waals surface area contributed by atoms with Gasteiger partial charge < -0.3 is 15.1 Å². The summed E-state index contributed by atoms with van der Waals surface area (Å²) in [6, 6.07) is 14.7. The number of halogens is 1. The molecule has 0 aliphatic rings. The smallest absolute Gasteiger partial charge is 0.191 e. The van der Waals surface area contributed by atoms with Crippen LogP contribution < -0.4 is 10.6 Å². The second kappa shape index (κ2) is 7.17. The molecule has 0 radical (unpaired) electrons. The minimum absolute atomic E-state index is 0.258. The summed E-state index contributed by atoms with van der Waals surface area (Å²) >= 11 is 0. The fourth-order valence-electron chi connectivity index (χ4n) is 2.58. The lowest BCUT2D eigenvalue weighted by Gasteiger charge is -2.11. The van der Waals surface area contributed by atoms with Gasteiger partial charge in [-0.15, -0.1) is 0 Å². The van der Waals surface area contributed by atoms with Crippen molar-refractivity contribution in [3.8, 4) is 0 Å². The highest BCUT2D eigenvalue weighted by atomic mass is 19.1. The van der Waals surface area contributed by atoms with E-state index in [1.165, 1.54) is 17.7 Å². The molecule has 4 nitrogen and oxygen atoms in total. The van der Waals surface area contributed by atoms with Gasteiger partial charge in [0.25, 0.3) is 0 Å². The fraction of sp³-hybridized carbons (Fsp3) is 0.211. The minimum atomic E-state index is -0.258. The monoisotopic (exact) mass is 325 g/mol. The van der Waals surface area contributed by atoms with Gasteiger partial charge in [0.1, 0.15) is 17.2 Å². The Morgan fingerprint density at radius 3 is 2.58 bits per heavy atom. The Morgan fingerprint density at radius 2 is 1.83 bits per heavy atom. The van der Waals surface area contributed by atoms with Crippen LogP contribution in [0.1, 0.15) is 16.9 Å². The minimum Gasteiger partial charge on any atom is -0.459 e. The summed E-state index contributed by atoms with van der Waals surface area (Å²) in [4.78, 5) is 4.21. The van der Waals surface area contributed by atoms with E-state index in [1.54, 1.807) is 13.1 Å². The lowest BCUT2D eigenvalue weighted by Crippen LogP contribution is -2.36. The molecule has 0 amide bonds. The van der Waals surface area contributed by atoms with Crippen LogP contribution >= 0.6 is 0 Å². The van der Waals surface area contributed by atoms with Crippen LogP contribution in [0.3, 0.4) is 0 Å². The lowest BCUT2D eigenvalue weighted by molar-refractivity contribution is 0.534. The molecule has 1 aromatic heterocycles. The Labute approximate surface area is 140 Å². The highest BCUT2D eigenvalue weighted by Crippen LogP contribution is 2.25. The first-order chi connectivity index (χ1) is 11.7. The number of aliphatic imine (C=N–C) groups is 1.